The van der Waals surface area contributed by atoms with Gasteiger partial charge in [0.1, 0.15) is 0 Å². The van der Waals surface area contributed by atoms with Crippen LogP contribution in [0.5, 0.6) is 0 Å². The van der Waals surface area contributed by atoms with Gasteiger partial charge in [-0.05, 0) is 45.1 Å². The molecule has 0 heterocycles. The summed E-state index contributed by atoms with van der Waals surface area (Å²) in [6.07, 6.45) is 8.06. The van der Waals surface area contributed by atoms with Gasteiger partial charge < -0.3 is 4.90 Å². The van der Waals surface area contributed by atoms with Crippen LogP contribution >= 0.6 is 0 Å². The largest absolute Gasteiger partial charge is 0.300 e. The van der Waals surface area contributed by atoms with Crippen LogP contribution in [0.3, 0.4) is 0 Å². The fraction of sp³-hybridized carbons (Fsp3) is 1.00. The second kappa shape index (κ2) is 10.1. The molecule has 1 heteroatoms. The predicted molar refractivity (Wildman–Crippen MR) is 74.9 cm³/mol. The van der Waals surface area contributed by atoms with Crippen LogP contribution in [0.4, 0.5) is 0 Å². The Kier molecular flexibility index (Phi) is 10.1. The number of rotatable bonds is 10. The van der Waals surface area contributed by atoms with E-state index in [1.807, 2.05) is 0 Å². The van der Waals surface area contributed by atoms with E-state index in [2.05, 4.69) is 39.5 Å². The quantitative estimate of drug-likeness (QED) is 0.522. The first-order valence-corrected chi connectivity index (χ1v) is 7.43. The third kappa shape index (κ3) is 6.52. The molecule has 0 radical (unpaired) electrons. The van der Waals surface area contributed by atoms with Gasteiger partial charge in [0.2, 0.25) is 0 Å². The summed E-state index contributed by atoms with van der Waals surface area (Å²) in [7, 11) is 0. The number of nitrogens with zero attached hydrogens (tertiary/aromatic N) is 1. The molecule has 0 aliphatic heterocycles. The molecule has 1 unspecified atom stereocenters. The van der Waals surface area contributed by atoms with Gasteiger partial charge in [0.15, 0.2) is 0 Å². The molecule has 0 amide bonds. The van der Waals surface area contributed by atoms with Gasteiger partial charge >= 0.3 is 0 Å². The molecule has 0 saturated carbocycles. The summed E-state index contributed by atoms with van der Waals surface area (Å²) in [4.78, 5) is 2.70. The SMILES string of the molecule is CCCC(CCC)CN(CCC)C(C)CC. The summed E-state index contributed by atoms with van der Waals surface area (Å²) in [6.45, 7) is 14.2. The third-order valence-electron chi connectivity index (χ3n) is 3.61. The van der Waals surface area contributed by atoms with Crippen molar-refractivity contribution < 1.29 is 0 Å². The first-order chi connectivity index (χ1) is 7.69. The Morgan fingerprint density at radius 1 is 0.875 bits per heavy atom. The van der Waals surface area contributed by atoms with Crippen LogP contribution in [-0.4, -0.2) is 24.0 Å². The van der Waals surface area contributed by atoms with Gasteiger partial charge in [0, 0.05) is 12.6 Å². The third-order valence-corrected chi connectivity index (χ3v) is 3.61. The molecule has 0 N–H and O–H groups in total. The number of hydrogen-bond acceptors (Lipinski definition) is 1. The normalized spacial score (nSPS) is 13.7. The zero-order chi connectivity index (χ0) is 12.4. The minimum Gasteiger partial charge on any atom is -0.300 e. The second-order valence-electron chi connectivity index (χ2n) is 5.20. The van der Waals surface area contributed by atoms with Crippen LogP contribution in [0.15, 0.2) is 0 Å². The molecule has 0 saturated heterocycles. The molecule has 1 nitrogen and oxygen atoms in total. The highest BCUT2D eigenvalue weighted by Gasteiger charge is 2.16. The maximum Gasteiger partial charge on any atom is 0.00644 e. The molecule has 16 heavy (non-hydrogen) atoms. The summed E-state index contributed by atoms with van der Waals surface area (Å²) in [5.74, 6) is 0.926. The van der Waals surface area contributed by atoms with Gasteiger partial charge in [-0.1, -0.05) is 40.5 Å². The lowest BCUT2D eigenvalue weighted by Crippen LogP contribution is -2.37. The summed E-state index contributed by atoms with van der Waals surface area (Å²) in [5.41, 5.74) is 0. The highest BCUT2D eigenvalue weighted by atomic mass is 15.1. The van der Waals surface area contributed by atoms with E-state index in [9.17, 15) is 0 Å². The minimum atomic E-state index is 0.760. The van der Waals surface area contributed by atoms with E-state index in [1.165, 1.54) is 51.6 Å². The van der Waals surface area contributed by atoms with Crippen molar-refractivity contribution in [3.05, 3.63) is 0 Å². The van der Waals surface area contributed by atoms with Crippen LogP contribution < -0.4 is 0 Å². The van der Waals surface area contributed by atoms with Gasteiger partial charge in [-0.25, -0.2) is 0 Å². The lowest BCUT2D eigenvalue weighted by atomic mass is 9.96. The van der Waals surface area contributed by atoms with E-state index in [1.54, 1.807) is 0 Å². The van der Waals surface area contributed by atoms with Crippen molar-refractivity contribution in [3.63, 3.8) is 0 Å². The average molecular weight is 227 g/mol. The molecule has 1 atom stereocenters. The zero-order valence-corrected chi connectivity index (χ0v) is 12.3. The summed E-state index contributed by atoms with van der Waals surface area (Å²) < 4.78 is 0. The van der Waals surface area contributed by atoms with E-state index >= 15 is 0 Å². The van der Waals surface area contributed by atoms with Crippen molar-refractivity contribution in [2.24, 2.45) is 5.92 Å². The van der Waals surface area contributed by atoms with Crippen molar-refractivity contribution in [1.82, 2.24) is 4.90 Å². The van der Waals surface area contributed by atoms with Crippen molar-refractivity contribution in [2.75, 3.05) is 13.1 Å². The molecule has 0 fully saturated rings. The van der Waals surface area contributed by atoms with E-state index < -0.39 is 0 Å². The Hall–Kier alpha value is -0.0400. The van der Waals surface area contributed by atoms with E-state index in [0.29, 0.717) is 0 Å². The molecule has 0 aromatic rings. The smallest absolute Gasteiger partial charge is 0.00644 e. The lowest BCUT2D eigenvalue weighted by molar-refractivity contribution is 0.163. The lowest BCUT2D eigenvalue weighted by Gasteiger charge is -2.31. The molecular formula is C15H33N. The molecule has 0 aliphatic carbocycles. The highest BCUT2D eigenvalue weighted by Crippen LogP contribution is 2.17. The summed E-state index contributed by atoms with van der Waals surface area (Å²) in [6, 6.07) is 0.760. The van der Waals surface area contributed by atoms with Crippen LogP contribution in [0, 0.1) is 5.92 Å². The Morgan fingerprint density at radius 2 is 1.44 bits per heavy atom. The van der Waals surface area contributed by atoms with Crippen molar-refractivity contribution >= 4 is 0 Å². The summed E-state index contributed by atoms with van der Waals surface area (Å²) in [5, 5.41) is 0. The van der Waals surface area contributed by atoms with Gasteiger partial charge in [0.25, 0.3) is 0 Å². The molecule has 0 aliphatic rings. The molecule has 0 aromatic heterocycles. The summed E-state index contributed by atoms with van der Waals surface area (Å²) >= 11 is 0. The maximum absolute atomic E-state index is 2.70. The fourth-order valence-corrected chi connectivity index (χ4v) is 2.51. The molecule has 0 bridgehead atoms. The van der Waals surface area contributed by atoms with Crippen molar-refractivity contribution in [1.29, 1.82) is 0 Å². The molecule has 98 valence electrons. The molecule has 0 aromatic carbocycles. The Bertz CT molecular complexity index is 138. The average Bonchev–Trinajstić information content (AvgIpc) is 2.28. The minimum absolute atomic E-state index is 0.760. The standard InChI is InChI=1S/C15H33N/c1-6-10-15(11-7-2)13-16(12-8-3)14(5)9-4/h14-15H,6-13H2,1-5H3. The van der Waals surface area contributed by atoms with E-state index in [-0.39, 0.29) is 0 Å². The Labute approximate surface area is 104 Å². The fourth-order valence-electron chi connectivity index (χ4n) is 2.51. The highest BCUT2D eigenvalue weighted by molar-refractivity contribution is 4.70. The van der Waals surface area contributed by atoms with Crippen molar-refractivity contribution in [2.45, 2.75) is 79.2 Å². The molecular weight excluding hydrogens is 194 g/mol. The van der Waals surface area contributed by atoms with Gasteiger partial charge in [-0.15, -0.1) is 0 Å². The van der Waals surface area contributed by atoms with Crippen LogP contribution in [0.25, 0.3) is 0 Å². The van der Waals surface area contributed by atoms with Crippen molar-refractivity contribution in [3.8, 4) is 0 Å². The van der Waals surface area contributed by atoms with Gasteiger partial charge in [-0.2, -0.15) is 0 Å². The zero-order valence-electron chi connectivity index (χ0n) is 12.3. The van der Waals surface area contributed by atoms with Crippen LogP contribution in [0.1, 0.15) is 73.1 Å². The van der Waals surface area contributed by atoms with Gasteiger partial charge in [-0.3, -0.25) is 0 Å². The monoisotopic (exact) mass is 227 g/mol. The topological polar surface area (TPSA) is 3.24 Å². The Morgan fingerprint density at radius 3 is 1.81 bits per heavy atom. The van der Waals surface area contributed by atoms with E-state index in [0.717, 1.165) is 12.0 Å². The number of hydrogen-bond donors (Lipinski definition) is 0. The first-order valence-electron chi connectivity index (χ1n) is 7.43. The maximum atomic E-state index is 2.70. The predicted octanol–water partition coefficient (Wildman–Crippen LogP) is 4.71. The molecule has 0 spiro atoms. The first kappa shape index (κ1) is 16.0. The van der Waals surface area contributed by atoms with Crippen LogP contribution in [0.2, 0.25) is 0 Å². The van der Waals surface area contributed by atoms with E-state index in [4.69, 9.17) is 0 Å². The molecule has 0 rings (SSSR count). The second-order valence-corrected chi connectivity index (χ2v) is 5.20. The van der Waals surface area contributed by atoms with Crippen LogP contribution in [-0.2, 0) is 0 Å². The Balaban J connectivity index is 4.19. The van der Waals surface area contributed by atoms with Gasteiger partial charge in [0.05, 0.1) is 0 Å².